The molecule has 164 valence electrons. The Bertz CT molecular complexity index is 1040. The van der Waals surface area contributed by atoms with Crippen molar-refractivity contribution in [2.45, 2.75) is 51.9 Å². The van der Waals surface area contributed by atoms with Gasteiger partial charge in [0.25, 0.3) is 0 Å². The molecule has 0 bridgehead atoms. The maximum absolute atomic E-state index is 12.4. The zero-order valence-electron chi connectivity index (χ0n) is 18.2. The van der Waals surface area contributed by atoms with Gasteiger partial charge < -0.3 is 14.6 Å². The number of nitrogens with one attached hydrogen (secondary N) is 1. The van der Waals surface area contributed by atoms with Gasteiger partial charge in [0.15, 0.2) is 17.1 Å². The summed E-state index contributed by atoms with van der Waals surface area (Å²) >= 11 is 4.84. The quantitative estimate of drug-likeness (QED) is 0.374. The lowest BCUT2D eigenvalue weighted by atomic mass is 10.2. The molecule has 0 aliphatic rings. The van der Waals surface area contributed by atoms with Crippen LogP contribution in [-0.4, -0.2) is 26.4 Å². The van der Waals surface area contributed by atoms with Gasteiger partial charge in [-0.3, -0.25) is 4.79 Å². The first-order valence-corrected chi connectivity index (χ1v) is 12.1. The summed E-state index contributed by atoms with van der Waals surface area (Å²) in [4.78, 5) is 12.4. The van der Waals surface area contributed by atoms with Crippen molar-refractivity contribution in [1.29, 1.82) is 0 Å². The van der Waals surface area contributed by atoms with Crippen molar-refractivity contribution >= 4 is 39.3 Å². The van der Waals surface area contributed by atoms with Crippen LogP contribution in [0.2, 0.25) is 0 Å². The van der Waals surface area contributed by atoms with E-state index in [0.29, 0.717) is 11.7 Å². The molecule has 6 nitrogen and oxygen atoms in total. The topological polar surface area (TPSA) is 69.0 Å². The Morgan fingerprint density at radius 3 is 2.58 bits per heavy atom. The highest BCUT2D eigenvalue weighted by Crippen LogP contribution is 2.25. The van der Waals surface area contributed by atoms with Crippen molar-refractivity contribution in [3.63, 3.8) is 0 Å². The Kier molecular flexibility index (Phi) is 8.15. The van der Waals surface area contributed by atoms with E-state index < -0.39 is 0 Å². The van der Waals surface area contributed by atoms with Gasteiger partial charge in [0, 0.05) is 16.7 Å². The van der Waals surface area contributed by atoms with Crippen LogP contribution in [0.5, 0.6) is 5.75 Å². The molecule has 0 fully saturated rings. The summed E-state index contributed by atoms with van der Waals surface area (Å²) in [6.07, 6.45) is 0.740. The number of anilines is 1. The second kappa shape index (κ2) is 10.8. The molecule has 0 aliphatic heterocycles. The Morgan fingerprint density at radius 1 is 1.19 bits per heavy atom. The fourth-order valence-corrected chi connectivity index (χ4v) is 4.17. The number of amides is 1. The molecule has 0 unspecified atom stereocenters. The number of ether oxygens (including phenoxy) is 1. The van der Waals surface area contributed by atoms with Gasteiger partial charge in [0.1, 0.15) is 5.75 Å². The number of aryl methyl sites for hydroxylation is 2. The molecule has 1 aromatic heterocycles. The molecule has 0 radical (unpaired) electrons. The van der Waals surface area contributed by atoms with Crippen LogP contribution in [0.3, 0.4) is 0 Å². The minimum atomic E-state index is -0.256. The average Bonchev–Trinajstić information content (AvgIpc) is 3.18. The molecule has 0 aliphatic carbocycles. The molecule has 1 heterocycles. The number of hydrogen-bond acceptors (Lipinski definition) is 5. The zero-order chi connectivity index (χ0) is 22.4. The average molecular weight is 503 g/mol. The first-order chi connectivity index (χ1) is 14.9. The van der Waals surface area contributed by atoms with Crippen LogP contribution in [-0.2, 0) is 17.8 Å². The maximum Gasteiger partial charge on any atom is 0.234 e. The highest BCUT2D eigenvalue weighted by molar-refractivity contribution is 9.10. The first kappa shape index (κ1) is 23.3. The van der Waals surface area contributed by atoms with E-state index in [9.17, 15) is 4.79 Å². The molecule has 8 heteroatoms. The summed E-state index contributed by atoms with van der Waals surface area (Å²) < 4.78 is 9.07. The molecular weight excluding hydrogens is 476 g/mol. The first-order valence-electron chi connectivity index (χ1n) is 10.3. The lowest BCUT2D eigenvalue weighted by Crippen LogP contribution is -2.15. The normalized spacial score (nSPS) is 11.9. The second-order valence-electron chi connectivity index (χ2n) is 7.14. The third-order valence-electron chi connectivity index (χ3n) is 4.84. The van der Waals surface area contributed by atoms with Gasteiger partial charge in [-0.15, -0.1) is 10.2 Å². The lowest BCUT2D eigenvalue weighted by molar-refractivity contribution is -0.113. The third-order valence-corrected chi connectivity index (χ3v) is 6.70. The van der Waals surface area contributed by atoms with Gasteiger partial charge >= 0.3 is 0 Å². The summed E-state index contributed by atoms with van der Waals surface area (Å²) in [5.41, 5.74) is 3.12. The van der Waals surface area contributed by atoms with Crippen LogP contribution < -0.4 is 10.1 Å². The molecule has 0 saturated heterocycles. The summed E-state index contributed by atoms with van der Waals surface area (Å²) in [7, 11) is 0. The number of hydrogen-bond donors (Lipinski definition) is 1. The lowest BCUT2D eigenvalue weighted by Gasteiger charge is -2.16. The Labute approximate surface area is 195 Å². The van der Waals surface area contributed by atoms with E-state index in [4.69, 9.17) is 4.74 Å². The molecule has 1 amide bonds. The van der Waals surface area contributed by atoms with Crippen LogP contribution in [0.1, 0.15) is 43.8 Å². The maximum atomic E-state index is 12.4. The van der Waals surface area contributed by atoms with Crippen molar-refractivity contribution < 1.29 is 9.53 Å². The van der Waals surface area contributed by atoms with E-state index in [1.807, 2.05) is 55.7 Å². The van der Waals surface area contributed by atoms with E-state index in [2.05, 4.69) is 50.5 Å². The van der Waals surface area contributed by atoms with Crippen molar-refractivity contribution in [3.05, 3.63) is 63.9 Å². The summed E-state index contributed by atoms with van der Waals surface area (Å²) in [5, 5.41) is 12.3. The molecule has 0 saturated carbocycles. The predicted octanol–water partition coefficient (Wildman–Crippen LogP) is 5.80. The van der Waals surface area contributed by atoms with Gasteiger partial charge in [-0.25, -0.2) is 0 Å². The largest absolute Gasteiger partial charge is 0.483 e. The van der Waals surface area contributed by atoms with Crippen LogP contribution >= 0.6 is 27.7 Å². The van der Waals surface area contributed by atoms with E-state index >= 15 is 0 Å². The number of nitrogens with zero attached hydrogens (tertiary/aromatic N) is 3. The van der Waals surface area contributed by atoms with Crippen LogP contribution in [0.4, 0.5) is 5.69 Å². The Balaban J connectivity index is 1.61. The minimum Gasteiger partial charge on any atom is -0.483 e. The zero-order valence-corrected chi connectivity index (χ0v) is 20.6. The number of rotatable bonds is 9. The smallest absolute Gasteiger partial charge is 0.234 e. The number of carbonyl (C=O) groups excluding carboxylic acids is 1. The Morgan fingerprint density at radius 2 is 1.94 bits per heavy atom. The van der Waals surface area contributed by atoms with Crippen LogP contribution in [0.25, 0.3) is 0 Å². The highest BCUT2D eigenvalue weighted by atomic mass is 79.9. The minimum absolute atomic E-state index is 0.0840. The molecule has 31 heavy (non-hydrogen) atoms. The van der Waals surface area contributed by atoms with Crippen LogP contribution in [0.15, 0.2) is 52.1 Å². The summed E-state index contributed by atoms with van der Waals surface area (Å²) in [6.45, 7) is 8.80. The molecule has 1 N–H and O–H groups in total. The fourth-order valence-electron chi connectivity index (χ4n) is 3.11. The van der Waals surface area contributed by atoms with E-state index in [-0.39, 0.29) is 17.8 Å². The van der Waals surface area contributed by atoms with Crippen molar-refractivity contribution in [2.75, 3.05) is 11.1 Å². The highest BCUT2D eigenvalue weighted by Gasteiger charge is 2.19. The second-order valence-corrected chi connectivity index (χ2v) is 8.94. The SMILES string of the molecule is CCc1ccc(O[C@H](C)c2nnc(SCC(=O)Nc3ccc(Br)c(C)c3)n2CC)cc1. The van der Waals surface area contributed by atoms with Gasteiger partial charge in [0.05, 0.1) is 5.75 Å². The predicted molar refractivity (Wildman–Crippen MR) is 129 cm³/mol. The van der Waals surface area contributed by atoms with Gasteiger partial charge in [0.2, 0.25) is 5.91 Å². The third kappa shape index (κ3) is 6.11. The standard InChI is InChI=1S/C23H27BrN4O2S/c1-5-17-7-10-19(11-8-17)30-16(4)22-26-27-23(28(22)6-2)31-14-21(29)25-18-9-12-20(24)15(3)13-18/h7-13,16H,5-6,14H2,1-4H3,(H,25,29)/t16-/m1/s1. The van der Waals surface area contributed by atoms with E-state index in [1.165, 1.54) is 17.3 Å². The number of benzene rings is 2. The van der Waals surface area contributed by atoms with Crippen LogP contribution in [0, 0.1) is 6.92 Å². The molecule has 1 atom stereocenters. The molecule has 2 aromatic carbocycles. The number of carbonyl (C=O) groups is 1. The Hall–Kier alpha value is -2.32. The molecule has 3 rings (SSSR count). The van der Waals surface area contributed by atoms with Gasteiger partial charge in [-0.1, -0.05) is 46.7 Å². The van der Waals surface area contributed by atoms with E-state index in [1.54, 1.807) is 0 Å². The molecule has 3 aromatic rings. The summed E-state index contributed by atoms with van der Waals surface area (Å²) in [5.74, 6) is 1.71. The monoisotopic (exact) mass is 502 g/mol. The van der Waals surface area contributed by atoms with Gasteiger partial charge in [-0.2, -0.15) is 0 Å². The number of halogens is 1. The summed E-state index contributed by atoms with van der Waals surface area (Å²) in [6, 6.07) is 13.8. The van der Waals surface area contributed by atoms with Gasteiger partial charge in [-0.05, 0) is 68.7 Å². The van der Waals surface area contributed by atoms with Crippen molar-refractivity contribution in [1.82, 2.24) is 14.8 Å². The van der Waals surface area contributed by atoms with Crippen molar-refractivity contribution in [2.24, 2.45) is 0 Å². The fraction of sp³-hybridized carbons (Fsp3) is 0.348. The number of aromatic nitrogens is 3. The number of thioether (sulfide) groups is 1. The molecular formula is C23H27BrN4O2S. The molecule has 0 spiro atoms. The van der Waals surface area contributed by atoms with Crippen molar-refractivity contribution in [3.8, 4) is 5.75 Å². The van der Waals surface area contributed by atoms with E-state index in [0.717, 1.165) is 33.7 Å².